The first-order chi connectivity index (χ1) is 18.5. The molecule has 1 fully saturated rings. The quantitative estimate of drug-likeness (QED) is 0.319. The van der Waals surface area contributed by atoms with Crippen LogP contribution in [-0.4, -0.2) is 56.9 Å². The molecule has 0 saturated carbocycles. The Morgan fingerprint density at radius 2 is 1.72 bits per heavy atom. The van der Waals surface area contributed by atoms with E-state index in [0.29, 0.717) is 0 Å². The third-order valence-corrected chi connectivity index (χ3v) is 7.30. The van der Waals surface area contributed by atoms with Crippen LogP contribution in [0.3, 0.4) is 0 Å². The van der Waals surface area contributed by atoms with Crippen molar-refractivity contribution in [1.29, 1.82) is 5.26 Å². The van der Waals surface area contributed by atoms with E-state index in [9.17, 15) is 28.0 Å². The highest BCUT2D eigenvalue weighted by Gasteiger charge is 2.64. The highest BCUT2D eigenvalue weighted by atomic mass is 19.4. The van der Waals surface area contributed by atoms with Gasteiger partial charge in [0.1, 0.15) is 11.6 Å². The second-order valence-corrected chi connectivity index (χ2v) is 9.30. The molecule has 1 heterocycles. The van der Waals surface area contributed by atoms with Gasteiger partial charge in [-0.3, -0.25) is 9.59 Å². The molecule has 1 saturated heterocycles. The van der Waals surface area contributed by atoms with Crippen LogP contribution in [0.15, 0.2) is 48.5 Å². The van der Waals surface area contributed by atoms with E-state index in [1.807, 2.05) is 0 Å². The van der Waals surface area contributed by atoms with Crippen molar-refractivity contribution in [2.45, 2.75) is 43.9 Å². The largest absolute Gasteiger partial charge is 0.496 e. The number of benzene rings is 2. The summed E-state index contributed by atoms with van der Waals surface area (Å²) < 4.78 is 73.8. The number of ether oxygens (including phenoxy) is 3. The van der Waals surface area contributed by atoms with E-state index in [0.717, 1.165) is 18.1 Å². The fourth-order valence-electron chi connectivity index (χ4n) is 5.33. The van der Waals surface area contributed by atoms with Crippen molar-refractivity contribution in [3.05, 3.63) is 65.5 Å². The minimum Gasteiger partial charge on any atom is -0.496 e. The molecule has 2 atom stereocenters. The Bertz CT molecular complexity index is 1210. The van der Waals surface area contributed by atoms with Crippen molar-refractivity contribution < 1.29 is 41.4 Å². The maximum atomic E-state index is 15.1. The molecule has 2 aromatic rings. The minimum atomic E-state index is -5.09. The first kappa shape index (κ1) is 29.9. The summed E-state index contributed by atoms with van der Waals surface area (Å²) in [5.74, 6) is -3.78. The number of alkyl halides is 3. The van der Waals surface area contributed by atoms with Gasteiger partial charge in [0.2, 0.25) is 0 Å². The van der Waals surface area contributed by atoms with E-state index in [1.54, 1.807) is 6.92 Å². The Morgan fingerprint density at radius 1 is 1.08 bits per heavy atom. The number of nitrogens with zero attached hydrogens (tertiary/aromatic N) is 2. The van der Waals surface area contributed by atoms with E-state index in [-0.39, 0.29) is 55.8 Å². The molecular formula is C28H30F4N2O5. The highest BCUT2D eigenvalue weighted by Crippen LogP contribution is 2.51. The van der Waals surface area contributed by atoms with Crippen molar-refractivity contribution in [1.82, 2.24) is 4.90 Å². The maximum absolute atomic E-state index is 15.1. The summed E-state index contributed by atoms with van der Waals surface area (Å²) >= 11 is 0. The number of piperidine rings is 1. The molecule has 3 rings (SSSR count). The van der Waals surface area contributed by atoms with Gasteiger partial charge < -0.3 is 19.1 Å². The number of methoxy groups -OCH3 is 2. The Morgan fingerprint density at radius 3 is 2.23 bits per heavy atom. The zero-order chi connectivity index (χ0) is 28.8. The standard InChI is InChI=1S/C28H30F4N2O5/c1-4-39-23(35)17-26(20(18-33)24-21(29)11-8-12-22(24)37-2)13-15-34(16-14-26)25(36)27(38-3,28(30,31)32)19-9-6-5-7-10-19/h5-12,20H,4,13-17H2,1-3H3/t20?,27-/m1/s1. The van der Waals surface area contributed by atoms with Crippen LogP contribution < -0.4 is 4.74 Å². The van der Waals surface area contributed by atoms with Crippen molar-refractivity contribution in [3.63, 3.8) is 0 Å². The Hall–Kier alpha value is -3.65. The first-order valence-corrected chi connectivity index (χ1v) is 12.4. The van der Waals surface area contributed by atoms with Crippen LogP contribution in [0, 0.1) is 22.6 Å². The zero-order valence-electron chi connectivity index (χ0n) is 21.9. The predicted molar refractivity (Wildman–Crippen MR) is 132 cm³/mol. The van der Waals surface area contributed by atoms with Crippen molar-refractivity contribution in [3.8, 4) is 11.8 Å². The second-order valence-electron chi connectivity index (χ2n) is 9.30. The van der Waals surface area contributed by atoms with Gasteiger partial charge >= 0.3 is 12.1 Å². The Balaban J connectivity index is 2.02. The van der Waals surface area contributed by atoms with E-state index < -0.39 is 40.8 Å². The van der Waals surface area contributed by atoms with E-state index in [4.69, 9.17) is 14.2 Å². The SMILES string of the molecule is CCOC(=O)CC1(C(C#N)c2c(F)cccc2OC)CCN(C(=O)[C@](OC)(c2ccccc2)C(F)(F)F)CC1. The number of carbonyl (C=O) groups excluding carboxylic acids is 2. The number of halogens is 4. The molecule has 2 aromatic carbocycles. The molecule has 1 unspecified atom stereocenters. The summed E-state index contributed by atoms with van der Waals surface area (Å²) in [4.78, 5) is 27.2. The summed E-state index contributed by atoms with van der Waals surface area (Å²) in [5.41, 5.74) is -4.93. The van der Waals surface area contributed by atoms with E-state index >= 15 is 4.39 Å². The molecule has 39 heavy (non-hydrogen) atoms. The van der Waals surface area contributed by atoms with Crippen molar-refractivity contribution in [2.24, 2.45) is 5.41 Å². The van der Waals surface area contributed by atoms with Crippen LogP contribution >= 0.6 is 0 Å². The van der Waals surface area contributed by atoms with Gasteiger partial charge in [0.25, 0.3) is 11.5 Å². The van der Waals surface area contributed by atoms with Crippen LogP contribution in [0.2, 0.25) is 0 Å². The Labute approximate surface area is 224 Å². The number of nitriles is 1. The lowest BCUT2D eigenvalue weighted by atomic mass is 9.64. The first-order valence-electron chi connectivity index (χ1n) is 12.4. The van der Waals surface area contributed by atoms with Crippen LogP contribution in [0.4, 0.5) is 17.6 Å². The minimum absolute atomic E-state index is 0.0580. The normalized spacial score (nSPS) is 17.4. The molecule has 1 aliphatic rings. The number of hydrogen-bond donors (Lipinski definition) is 0. The summed E-state index contributed by atoms with van der Waals surface area (Å²) in [6.45, 7) is 1.21. The number of hydrogen-bond acceptors (Lipinski definition) is 6. The van der Waals surface area contributed by atoms with Crippen LogP contribution in [0.5, 0.6) is 5.75 Å². The van der Waals surface area contributed by atoms with Gasteiger partial charge in [0, 0.05) is 36.7 Å². The molecule has 0 aromatic heterocycles. The molecule has 0 N–H and O–H groups in total. The summed E-state index contributed by atoms with van der Waals surface area (Å²) in [5, 5.41) is 10.2. The zero-order valence-corrected chi connectivity index (χ0v) is 21.9. The molecule has 7 nitrogen and oxygen atoms in total. The van der Waals surface area contributed by atoms with Gasteiger partial charge in [-0.2, -0.15) is 18.4 Å². The fourth-order valence-corrected chi connectivity index (χ4v) is 5.33. The monoisotopic (exact) mass is 550 g/mol. The molecule has 0 radical (unpaired) electrons. The number of amides is 1. The van der Waals surface area contributed by atoms with Crippen LogP contribution in [0.25, 0.3) is 0 Å². The van der Waals surface area contributed by atoms with Crippen molar-refractivity contribution in [2.75, 3.05) is 33.9 Å². The third-order valence-electron chi connectivity index (χ3n) is 7.30. The molecule has 0 aliphatic carbocycles. The van der Waals surface area contributed by atoms with Crippen LogP contribution in [-0.2, 0) is 24.7 Å². The molecule has 210 valence electrons. The van der Waals surface area contributed by atoms with Gasteiger partial charge in [-0.1, -0.05) is 36.4 Å². The molecule has 1 aliphatic heterocycles. The summed E-state index contributed by atoms with van der Waals surface area (Å²) in [6, 6.07) is 12.8. The molecule has 1 amide bonds. The van der Waals surface area contributed by atoms with Gasteiger partial charge in [-0.25, -0.2) is 4.39 Å². The van der Waals surface area contributed by atoms with Gasteiger partial charge in [-0.15, -0.1) is 0 Å². The smallest absolute Gasteiger partial charge is 0.430 e. The topological polar surface area (TPSA) is 88.9 Å². The second kappa shape index (κ2) is 12.0. The van der Waals surface area contributed by atoms with Gasteiger partial charge in [-0.05, 0) is 31.9 Å². The molecular weight excluding hydrogens is 520 g/mol. The lowest BCUT2D eigenvalue weighted by Gasteiger charge is -2.46. The Kier molecular flexibility index (Phi) is 9.22. The summed E-state index contributed by atoms with van der Waals surface area (Å²) in [6.07, 6.45) is -5.53. The molecule has 11 heteroatoms. The van der Waals surface area contributed by atoms with Gasteiger partial charge in [0.15, 0.2) is 0 Å². The average Bonchev–Trinajstić information content (AvgIpc) is 2.91. The number of likely N-dealkylation sites (tertiary alicyclic amines) is 1. The lowest BCUT2D eigenvalue weighted by Crippen LogP contribution is -2.59. The number of rotatable bonds is 9. The fraction of sp³-hybridized carbons (Fsp3) is 0.464. The van der Waals surface area contributed by atoms with Crippen LogP contribution in [0.1, 0.15) is 43.2 Å². The van der Waals surface area contributed by atoms with Gasteiger partial charge in [0.05, 0.1) is 32.1 Å². The molecule has 0 spiro atoms. The number of esters is 1. The molecule has 0 bridgehead atoms. The van der Waals surface area contributed by atoms with E-state index in [2.05, 4.69) is 6.07 Å². The van der Waals surface area contributed by atoms with Crippen molar-refractivity contribution >= 4 is 11.9 Å². The number of carbonyl (C=O) groups is 2. The average molecular weight is 551 g/mol. The summed E-state index contributed by atoms with van der Waals surface area (Å²) in [7, 11) is 2.14. The predicted octanol–water partition coefficient (Wildman–Crippen LogP) is 5.11. The highest BCUT2D eigenvalue weighted by molar-refractivity contribution is 5.88. The lowest BCUT2D eigenvalue weighted by molar-refractivity contribution is -0.271. The third kappa shape index (κ3) is 5.57. The maximum Gasteiger partial charge on any atom is 0.430 e. The van der Waals surface area contributed by atoms with E-state index in [1.165, 1.54) is 49.6 Å².